The van der Waals surface area contributed by atoms with E-state index in [1.54, 1.807) is 44.2 Å². The van der Waals surface area contributed by atoms with Crippen LogP contribution in [0.25, 0.3) is 11.2 Å². The number of aliphatic hydroxyl groups excluding tert-OH is 1. The number of nitrogens with zero attached hydrogens (tertiary/aromatic N) is 6. The molecule has 5 heterocycles. The van der Waals surface area contributed by atoms with Crippen LogP contribution >= 0.6 is 38.8 Å². The van der Waals surface area contributed by atoms with Crippen LogP contribution in [0.5, 0.6) is 11.5 Å². The highest BCUT2D eigenvalue weighted by atomic mass is 35.5. The van der Waals surface area contributed by atoms with Crippen molar-refractivity contribution < 1.29 is 60.4 Å². The Kier molecular flexibility index (Phi) is 16.9. The average Bonchev–Trinajstić information content (AvgIpc) is 4.09. The molecule has 2 fully saturated rings. The van der Waals surface area contributed by atoms with Gasteiger partial charge in [0.2, 0.25) is 11.9 Å². The fourth-order valence-electron chi connectivity index (χ4n) is 7.32. The zero-order chi connectivity index (χ0) is 51.9. The fourth-order valence-corrected chi connectivity index (χ4v) is 10.4. The van der Waals surface area contributed by atoms with Gasteiger partial charge in [-0.25, -0.2) is 18.9 Å². The summed E-state index contributed by atoms with van der Waals surface area (Å²) in [7, 11) is -9.63. The van der Waals surface area contributed by atoms with E-state index in [-0.39, 0.29) is 53.7 Å². The van der Waals surface area contributed by atoms with Crippen molar-refractivity contribution in [3.8, 4) is 17.6 Å². The number of aromatic amines is 1. The molecule has 0 radical (unpaired) electrons. The number of halogens is 2. The summed E-state index contributed by atoms with van der Waals surface area (Å²) in [5, 5.41) is 25.6. The van der Waals surface area contributed by atoms with Gasteiger partial charge in [-0.05, 0) is 66.7 Å². The maximum absolute atomic E-state index is 15.1. The van der Waals surface area contributed by atoms with Crippen molar-refractivity contribution in [2.45, 2.75) is 70.0 Å². The molecule has 2 saturated heterocycles. The van der Waals surface area contributed by atoms with E-state index in [0.29, 0.717) is 15.6 Å². The van der Waals surface area contributed by atoms with Crippen LogP contribution in [0.1, 0.15) is 55.9 Å². The maximum atomic E-state index is 15.1. The fraction of sp³-hybridized carbons (Fsp3) is 0.333. The van der Waals surface area contributed by atoms with E-state index in [4.69, 9.17) is 59.8 Å². The van der Waals surface area contributed by atoms with Crippen molar-refractivity contribution in [1.29, 1.82) is 5.26 Å². The molecule has 0 bridgehead atoms. The molecule has 2 aliphatic heterocycles. The molecule has 4 N–H and O–H groups in total. The number of imidazole rings is 1. The SMILES string of the molecule is CC(C)C(=O)Nc1nc2c(ncn2C2CC(OP(=O)(OCC3OC(n4ccc(NC(=O)c5ccccc5)nc4=O)CC3OP(=O)(OCCC#N)Oc3ccc(Cl)cc3)Oc3ccc(Cl)cc3)C(CO)O2)c(=O)[nH]1. The van der Waals surface area contributed by atoms with E-state index in [1.165, 1.54) is 71.7 Å². The predicted octanol–water partition coefficient (Wildman–Crippen LogP) is 7.19. The number of carbonyl (C=O) groups excluding carboxylic acids is 2. The van der Waals surface area contributed by atoms with Crippen LogP contribution in [0.3, 0.4) is 0 Å². The van der Waals surface area contributed by atoms with Crippen molar-refractivity contribution in [2.75, 3.05) is 30.5 Å². The molecule has 0 aliphatic carbocycles. The number of nitriles is 1. The van der Waals surface area contributed by atoms with Gasteiger partial charge in [0.1, 0.15) is 54.2 Å². The zero-order valence-electron chi connectivity index (χ0n) is 38.5. The summed E-state index contributed by atoms with van der Waals surface area (Å²) < 4.78 is 79.9. The van der Waals surface area contributed by atoms with E-state index in [9.17, 15) is 34.1 Å². The van der Waals surface area contributed by atoms with Gasteiger partial charge in [-0.15, -0.1) is 0 Å². The Labute approximate surface area is 424 Å². The maximum Gasteiger partial charge on any atom is 0.530 e. The zero-order valence-corrected chi connectivity index (χ0v) is 41.8. The van der Waals surface area contributed by atoms with Crippen molar-refractivity contribution in [3.05, 3.63) is 134 Å². The summed E-state index contributed by atoms with van der Waals surface area (Å²) in [6.07, 6.45) is -5.58. The molecular weight excluding hydrogens is 1040 g/mol. The van der Waals surface area contributed by atoms with Gasteiger partial charge < -0.3 is 28.9 Å². The van der Waals surface area contributed by atoms with Crippen molar-refractivity contribution in [3.63, 3.8) is 0 Å². The van der Waals surface area contributed by atoms with Crippen LogP contribution in [0.15, 0.2) is 107 Å². The van der Waals surface area contributed by atoms with Crippen LogP contribution in [-0.2, 0) is 41.5 Å². The largest absolute Gasteiger partial charge is 0.530 e. The minimum atomic E-state index is -4.92. The normalized spacial score (nSPS) is 21.3. The number of aliphatic hydroxyl groups is 1. The van der Waals surface area contributed by atoms with Crippen LogP contribution in [0, 0.1) is 17.2 Å². The van der Waals surface area contributed by atoms with Gasteiger partial charge in [-0.3, -0.25) is 51.9 Å². The summed E-state index contributed by atoms with van der Waals surface area (Å²) >= 11 is 12.2. The van der Waals surface area contributed by atoms with Crippen LogP contribution in [0.4, 0.5) is 11.8 Å². The molecule has 2 amide bonds. The van der Waals surface area contributed by atoms with Gasteiger partial charge in [-0.1, -0.05) is 55.2 Å². The number of benzene rings is 3. The minimum Gasteiger partial charge on any atom is -0.404 e. The van der Waals surface area contributed by atoms with Crippen LogP contribution in [0.2, 0.25) is 10.0 Å². The first-order chi connectivity index (χ1) is 35.0. The van der Waals surface area contributed by atoms with E-state index >= 15 is 4.57 Å². The first-order valence-corrected chi connectivity index (χ1v) is 26.0. The number of anilines is 2. The number of rotatable bonds is 21. The lowest BCUT2D eigenvalue weighted by Crippen LogP contribution is -2.31. The van der Waals surface area contributed by atoms with E-state index in [0.717, 1.165) is 4.57 Å². The summed E-state index contributed by atoms with van der Waals surface area (Å²) in [6, 6.07) is 22.9. The Bertz CT molecular complexity index is 3200. The standard InChI is InChI=1S/C45H45Cl2N9O15P2/c1-26(2)41(58)53-44-52-40-39(43(60)54-44)49-25-56(40)38-21-32(34(23-57)66-38)70-73(63,69-31-15-11-29(47)12-16-31)65-24-35-33(71-72(62,64-20-6-18-48)68-30-13-9-28(46)10-14-30)22-37(67-35)55-19-17-36(51-45(55)61)50-42(59)27-7-4-3-5-8-27/h3-5,7-17,19,25-26,32-35,37-38,57H,6,20-24H2,1-2H3,(H,50,51,59,61)(H2,52,53,54,58,60). The van der Waals surface area contributed by atoms with Crippen molar-refractivity contribution >= 4 is 73.6 Å². The van der Waals surface area contributed by atoms with Gasteiger partial charge in [0, 0.05) is 40.6 Å². The highest BCUT2D eigenvalue weighted by molar-refractivity contribution is 7.49. The third kappa shape index (κ3) is 13.3. The number of carbonyl (C=O) groups is 2. The Morgan fingerprint density at radius 3 is 2.05 bits per heavy atom. The number of hydrogen-bond acceptors (Lipinski definition) is 19. The Morgan fingerprint density at radius 2 is 1.45 bits per heavy atom. The van der Waals surface area contributed by atoms with Gasteiger partial charge in [0.05, 0.1) is 38.6 Å². The topological polar surface area (TPSA) is 309 Å². The van der Waals surface area contributed by atoms with Gasteiger partial charge in [0.15, 0.2) is 11.2 Å². The number of ether oxygens (including phenoxy) is 2. The smallest absolute Gasteiger partial charge is 0.404 e. The summed E-state index contributed by atoms with van der Waals surface area (Å²) in [4.78, 5) is 66.9. The first-order valence-electron chi connectivity index (χ1n) is 22.3. The third-order valence-corrected chi connectivity index (χ3v) is 14.3. The molecule has 0 saturated carbocycles. The van der Waals surface area contributed by atoms with Crippen molar-refractivity contribution in [1.82, 2.24) is 29.1 Å². The highest BCUT2D eigenvalue weighted by Crippen LogP contribution is 2.56. The Hall–Kier alpha value is -6.32. The van der Waals surface area contributed by atoms with Gasteiger partial charge in [0.25, 0.3) is 11.5 Å². The monoisotopic (exact) mass is 1080 g/mol. The quantitative estimate of drug-likeness (QED) is 0.0409. The summed E-state index contributed by atoms with van der Waals surface area (Å²) in [5.74, 6) is -1.63. The number of nitrogens with one attached hydrogen (secondary N) is 3. The molecule has 0 spiro atoms. The van der Waals surface area contributed by atoms with E-state index < -0.39 is 101 Å². The molecular formula is C45H45Cl2N9O15P2. The molecule has 384 valence electrons. The number of aromatic nitrogens is 6. The predicted molar refractivity (Wildman–Crippen MR) is 260 cm³/mol. The molecule has 8 atom stereocenters. The molecule has 6 aromatic rings. The number of hydrogen-bond donors (Lipinski definition) is 4. The number of fused-ring (bicyclic) bond motifs is 1. The molecule has 73 heavy (non-hydrogen) atoms. The first kappa shape index (κ1) is 53.0. The minimum absolute atomic E-state index is 0.00999. The summed E-state index contributed by atoms with van der Waals surface area (Å²) in [5.41, 5.74) is -1.31. The van der Waals surface area contributed by atoms with Gasteiger partial charge >= 0.3 is 21.3 Å². The molecule has 3 aromatic carbocycles. The lowest BCUT2D eigenvalue weighted by atomic mass is 10.2. The Morgan fingerprint density at radius 1 is 0.849 bits per heavy atom. The molecule has 2 aliphatic rings. The van der Waals surface area contributed by atoms with Crippen molar-refractivity contribution in [2.24, 2.45) is 5.92 Å². The molecule has 8 rings (SSSR count). The van der Waals surface area contributed by atoms with E-state index in [1.807, 2.05) is 6.07 Å². The second-order valence-electron chi connectivity index (χ2n) is 16.4. The second-order valence-corrected chi connectivity index (χ2v) is 20.4. The lowest BCUT2D eigenvalue weighted by molar-refractivity contribution is -0.118. The van der Waals surface area contributed by atoms with Crippen LogP contribution < -0.4 is 30.9 Å². The Balaban J connectivity index is 1.08. The molecule has 8 unspecified atom stereocenters. The number of H-pyrrole nitrogens is 1. The number of phosphoric acid groups is 2. The molecule has 24 nitrogen and oxygen atoms in total. The lowest BCUT2D eigenvalue weighted by Gasteiger charge is -2.27. The second kappa shape index (κ2) is 23.3. The molecule has 3 aromatic heterocycles. The average molecular weight is 1080 g/mol. The van der Waals surface area contributed by atoms with Gasteiger partial charge in [-0.2, -0.15) is 15.2 Å². The summed E-state index contributed by atoms with van der Waals surface area (Å²) in [6.45, 7) is 1.51. The van der Waals surface area contributed by atoms with Crippen LogP contribution in [-0.4, -0.2) is 90.2 Å². The number of amides is 2. The third-order valence-electron chi connectivity index (χ3n) is 10.9. The number of phosphoric ester groups is 2. The highest BCUT2D eigenvalue weighted by Gasteiger charge is 2.48. The molecule has 28 heteroatoms. The van der Waals surface area contributed by atoms with E-state index in [2.05, 4.69) is 30.6 Å².